The van der Waals surface area contributed by atoms with Crippen LogP contribution >= 0.6 is 15.9 Å². The highest BCUT2D eigenvalue weighted by atomic mass is 79.9. The standard InChI is InChI=1S/C18H29BrN2O4S/c19-18-10-14-7-15(11-18)9-17(8-14,13-18)12-16(22)20-1-6-26(23,24)21-2-4-25-5-3-21/h14-15H,1-13H2,(H,20,22). The van der Waals surface area contributed by atoms with Crippen LogP contribution in [0.1, 0.15) is 44.9 Å². The van der Waals surface area contributed by atoms with Crippen LogP contribution in [0.25, 0.3) is 0 Å². The molecule has 2 atom stereocenters. The van der Waals surface area contributed by atoms with Gasteiger partial charge in [0.2, 0.25) is 15.9 Å². The first kappa shape index (κ1) is 19.2. The number of morpholine rings is 1. The minimum atomic E-state index is -3.31. The van der Waals surface area contributed by atoms with Gasteiger partial charge in [0.1, 0.15) is 0 Å². The summed E-state index contributed by atoms with van der Waals surface area (Å²) in [5.74, 6) is 1.50. The lowest BCUT2D eigenvalue weighted by atomic mass is 9.48. The molecule has 8 heteroatoms. The zero-order chi connectivity index (χ0) is 18.4. The van der Waals surface area contributed by atoms with Crippen LogP contribution in [0.15, 0.2) is 0 Å². The first-order valence-corrected chi connectivity index (χ1v) is 12.2. The number of nitrogens with one attached hydrogen (secondary N) is 1. The Morgan fingerprint density at radius 3 is 2.42 bits per heavy atom. The minimum absolute atomic E-state index is 0.0141. The summed E-state index contributed by atoms with van der Waals surface area (Å²) in [7, 11) is -3.31. The van der Waals surface area contributed by atoms with Gasteiger partial charge in [-0.1, -0.05) is 15.9 Å². The van der Waals surface area contributed by atoms with E-state index in [4.69, 9.17) is 4.74 Å². The molecule has 1 saturated heterocycles. The van der Waals surface area contributed by atoms with Crippen molar-refractivity contribution in [3.05, 3.63) is 0 Å². The van der Waals surface area contributed by atoms with Crippen LogP contribution in [0.5, 0.6) is 0 Å². The van der Waals surface area contributed by atoms with E-state index in [1.165, 1.54) is 23.6 Å². The smallest absolute Gasteiger partial charge is 0.220 e. The topological polar surface area (TPSA) is 75.7 Å². The molecule has 5 fully saturated rings. The second-order valence-electron chi connectivity index (χ2n) is 8.97. The fraction of sp³-hybridized carbons (Fsp3) is 0.944. The summed E-state index contributed by atoms with van der Waals surface area (Å²) in [4.78, 5) is 12.5. The van der Waals surface area contributed by atoms with E-state index in [1.807, 2.05) is 0 Å². The Balaban J connectivity index is 1.28. The van der Waals surface area contributed by atoms with E-state index in [-0.39, 0.29) is 27.9 Å². The molecular formula is C18H29BrN2O4S. The molecule has 0 aromatic heterocycles. The summed E-state index contributed by atoms with van der Waals surface area (Å²) in [5, 5.41) is 2.87. The molecule has 1 heterocycles. The van der Waals surface area contributed by atoms with Gasteiger partial charge in [0.15, 0.2) is 0 Å². The van der Waals surface area contributed by atoms with Gasteiger partial charge in [0.25, 0.3) is 0 Å². The van der Waals surface area contributed by atoms with Gasteiger partial charge in [-0.2, -0.15) is 4.31 Å². The minimum Gasteiger partial charge on any atom is -0.379 e. The van der Waals surface area contributed by atoms with Crippen molar-refractivity contribution in [1.82, 2.24) is 9.62 Å². The Morgan fingerprint density at radius 1 is 1.15 bits per heavy atom. The highest BCUT2D eigenvalue weighted by molar-refractivity contribution is 9.10. The number of hydrogen-bond donors (Lipinski definition) is 1. The maximum absolute atomic E-state index is 12.5. The molecule has 4 bridgehead atoms. The van der Waals surface area contributed by atoms with Crippen molar-refractivity contribution in [2.75, 3.05) is 38.6 Å². The number of nitrogens with zero attached hydrogens (tertiary/aromatic N) is 1. The first-order chi connectivity index (χ1) is 12.3. The largest absolute Gasteiger partial charge is 0.379 e. The third-order valence-electron chi connectivity index (χ3n) is 6.69. The second kappa shape index (κ2) is 7.01. The molecule has 1 aliphatic heterocycles. The summed E-state index contributed by atoms with van der Waals surface area (Å²) < 4.78 is 31.6. The summed E-state index contributed by atoms with van der Waals surface area (Å²) in [6.45, 7) is 1.92. The van der Waals surface area contributed by atoms with Gasteiger partial charge < -0.3 is 10.1 Å². The van der Waals surface area contributed by atoms with E-state index in [0.717, 1.165) is 31.1 Å². The number of carbonyl (C=O) groups is 1. The van der Waals surface area contributed by atoms with Crippen molar-refractivity contribution in [3.8, 4) is 0 Å². The molecule has 4 aliphatic carbocycles. The lowest BCUT2D eigenvalue weighted by Gasteiger charge is -2.60. The predicted octanol–water partition coefficient (Wildman–Crippen LogP) is 1.89. The third-order valence-corrected chi connectivity index (χ3v) is 9.49. The van der Waals surface area contributed by atoms with Crippen LogP contribution < -0.4 is 5.32 Å². The van der Waals surface area contributed by atoms with Crippen LogP contribution in [0.4, 0.5) is 0 Å². The van der Waals surface area contributed by atoms with Gasteiger partial charge in [-0.3, -0.25) is 4.79 Å². The van der Waals surface area contributed by atoms with Gasteiger partial charge in [-0.05, 0) is 55.8 Å². The first-order valence-electron chi connectivity index (χ1n) is 9.79. The summed E-state index contributed by atoms with van der Waals surface area (Å²) >= 11 is 3.98. The van der Waals surface area contributed by atoms with Crippen LogP contribution in [0.3, 0.4) is 0 Å². The molecule has 0 radical (unpaired) electrons. The highest BCUT2D eigenvalue weighted by Gasteiger charge is 2.57. The molecule has 26 heavy (non-hydrogen) atoms. The van der Waals surface area contributed by atoms with Gasteiger partial charge >= 0.3 is 0 Å². The van der Waals surface area contributed by atoms with Crippen molar-refractivity contribution in [2.45, 2.75) is 49.3 Å². The summed E-state index contributed by atoms with van der Waals surface area (Å²) in [6.07, 6.45) is 7.80. The Kier molecular flexibility index (Phi) is 5.16. The number of hydrogen-bond acceptors (Lipinski definition) is 4. The molecular weight excluding hydrogens is 420 g/mol. The quantitative estimate of drug-likeness (QED) is 0.629. The van der Waals surface area contributed by atoms with Crippen LogP contribution in [0.2, 0.25) is 0 Å². The Hall–Kier alpha value is -0.180. The number of carbonyl (C=O) groups excluding carboxylic acids is 1. The van der Waals surface area contributed by atoms with E-state index in [9.17, 15) is 13.2 Å². The SMILES string of the molecule is O=C(CC12CC3CC(CC(Br)(C3)C1)C2)NCCS(=O)(=O)N1CCOCC1. The van der Waals surface area contributed by atoms with Crippen LogP contribution in [-0.2, 0) is 19.6 Å². The van der Waals surface area contributed by atoms with Crippen LogP contribution in [-0.4, -0.2) is 61.6 Å². The van der Waals surface area contributed by atoms with Crippen molar-refractivity contribution in [3.63, 3.8) is 0 Å². The van der Waals surface area contributed by atoms with Gasteiger partial charge in [0, 0.05) is 30.4 Å². The summed E-state index contributed by atoms with van der Waals surface area (Å²) in [5.41, 5.74) is 0.126. The van der Waals surface area contributed by atoms with Gasteiger partial charge in [-0.25, -0.2) is 8.42 Å². The molecule has 5 aliphatic rings. The zero-order valence-electron chi connectivity index (χ0n) is 15.2. The molecule has 6 nitrogen and oxygen atoms in total. The fourth-order valence-electron chi connectivity index (χ4n) is 6.22. The normalized spacial score (nSPS) is 39.9. The van der Waals surface area contributed by atoms with E-state index in [0.29, 0.717) is 32.7 Å². The predicted molar refractivity (Wildman–Crippen MR) is 103 cm³/mol. The van der Waals surface area contributed by atoms with Crippen molar-refractivity contribution in [1.29, 1.82) is 0 Å². The molecule has 0 aromatic rings. The molecule has 0 aromatic carbocycles. The Morgan fingerprint density at radius 2 is 1.81 bits per heavy atom. The fourth-order valence-corrected chi connectivity index (χ4v) is 9.05. The van der Waals surface area contributed by atoms with E-state index in [2.05, 4.69) is 21.2 Å². The molecule has 2 unspecified atom stereocenters. The number of ether oxygens (including phenoxy) is 1. The third kappa shape index (κ3) is 3.98. The maximum atomic E-state index is 12.5. The van der Waals surface area contributed by atoms with Crippen molar-refractivity contribution < 1.29 is 17.9 Å². The van der Waals surface area contributed by atoms with E-state index >= 15 is 0 Å². The molecule has 1 amide bonds. The molecule has 1 N–H and O–H groups in total. The monoisotopic (exact) mass is 448 g/mol. The van der Waals surface area contributed by atoms with Gasteiger partial charge in [-0.15, -0.1) is 0 Å². The zero-order valence-corrected chi connectivity index (χ0v) is 17.6. The van der Waals surface area contributed by atoms with Gasteiger partial charge in [0.05, 0.1) is 19.0 Å². The lowest BCUT2D eigenvalue weighted by molar-refractivity contribution is -0.128. The average molecular weight is 449 g/mol. The number of halogens is 1. The van der Waals surface area contributed by atoms with E-state index < -0.39 is 10.0 Å². The molecule has 148 valence electrons. The van der Waals surface area contributed by atoms with Crippen molar-refractivity contribution >= 4 is 31.9 Å². The number of alkyl halides is 1. The van der Waals surface area contributed by atoms with Crippen molar-refractivity contribution in [2.24, 2.45) is 17.3 Å². The second-order valence-corrected chi connectivity index (χ2v) is 12.7. The molecule has 4 saturated carbocycles. The number of rotatable bonds is 6. The highest BCUT2D eigenvalue weighted by Crippen LogP contribution is 2.65. The number of sulfonamides is 1. The lowest BCUT2D eigenvalue weighted by Crippen LogP contribution is -2.54. The van der Waals surface area contributed by atoms with E-state index in [1.54, 1.807) is 0 Å². The van der Waals surface area contributed by atoms with Crippen LogP contribution in [0, 0.1) is 17.3 Å². The molecule has 5 rings (SSSR count). The maximum Gasteiger partial charge on any atom is 0.220 e. The summed E-state index contributed by atoms with van der Waals surface area (Å²) in [6, 6.07) is 0. The molecule has 0 spiro atoms. The average Bonchev–Trinajstić information content (AvgIpc) is 2.52. The Bertz CT molecular complexity index is 648. The number of amides is 1. The Labute approximate surface area is 164 Å².